The molecule has 0 aliphatic rings. The molecule has 0 radical (unpaired) electrons. The Morgan fingerprint density at radius 3 is 2.10 bits per heavy atom. The summed E-state index contributed by atoms with van der Waals surface area (Å²) in [5.74, 6) is 1.02. The Labute approximate surface area is 72.6 Å². The Kier molecular flexibility index (Phi) is 4.05. The maximum Gasteiger partial charge on any atom is 0.119 e. The summed E-state index contributed by atoms with van der Waals surface area (Å²) in [4.78, 5) is 0. The fourth-order valence-corrected chi connectivity index (χ4v) is 0.582. The van der Waals surface area contributed by atoms with Crippen LogP contribution in [0.15, 0.2) is 24.3 Å². The molecule has 2 nitrogen and oxygen atoms in total. The SMILES string of the molecule is COc1ccc(O)cc1.[Ru]. The Morgan fingerprint density at radius 2 is 1.70 bits per heavy atom. The summed E-state index contributed by atoms with van der Waals surface area (Å²) in [6.45, 7) is 0. The minimum atomic E-state index is 0. The summed E-state index contributed by atoms with van der Waals surface area (Å²) in [6.07, 6.45) is 0. The van der Waals surface area contributed by atoms with Crippen molar-refractivity contribution in [1.82, 2.24) is 0 Å². The Morgan fingerprint density at radius 1 is 1.20 bits per heavy atom. The van der Waals surface area contributed by atoms with Gasteiger partial charge in [0.2, 0.25) is 0 Å². The van der Waals surface area contributed by atoms with Crippen molar-refractivity contribution in [2.24, 2.45) is 0 Å². The summed E-state index contributed by atoms with van der Waals surface area (Å²) in [5, 5.41) is 8.80. The standard InChI is InChI=1S/C7H8O2.Ru/c1-9-7-4-2-6(8)3-5-7;/h2-5,8H,1H3;. The third kappa shape index (κ3) is 2.36. The van der Waals surface area contributed by atoms with Crippen LogP contribution in [0.4, 0.5) is 0 Å². The molecule has 0 spiro atoms. The summed E-state index contributed by atoms with van der Waals surface area (Å²) >= 11 is 0. The third-order valence-corrected chi connectivity index (χ3v) is 1.07. The molecule has 0 aliphatic heterocycles. The molecule has 0 saturated carbocycles. The molecule has 0 aliphatic carbocycles. The first-order valence-electron chi connectivity index (χ1n) is 2.66. The molecule has 0 aromatic heterocycles. The molecule has 10 heavy (non-hydrogen) atoms. The van der Waals surface area contributed by atoms with Gasteiger partial charge in [-0.2, -0.15) is 0 Å². The first-order valence-corrected chi connectivity index (χ1v) is 2.66. The number of rotatable bonds is 1. The molecule has 1 N–H and O–H groups in total. The van der Waals surface area contributed by atoms with E-state index in [-0.39, 0.29) is 25.2 Å². The van der Waals surface area contributed by atoms with Crippen molar-refractivity contribution in [1.29, 1.82) is 0 Å². The molecular formula is C7H8O2Ru. The number of aromatic hydroxyl groups is 1. The fourth-order valence-electron chi connectivity index (χ4n) is 0.582. The molecule has 1 aromatic carbocycles. The number of methoxy groups -OCH3 is 1. The van der Waals surface area contributed by atoms with Crippen molar-refractivity contribution in [3.8, 4) is 11.5 Å². The minimum Gasteiger partial charge on any atom is -0.508 e. The van der Waals surface area contributed by atoms with Gasteiger partial charge in [-0.15, -0.1) is 0 Å². The van der Waals surface area contributed by atoms with Gasteiger partial charge in [0.15, 0.2) is 0 Å². The Hall–Kier alpha value is -0.557. The van der Waals surface area contributed by atoms with E-state index in [2.05, 4.69) is 0 Å². The molecule has 0 fully saturated rings. The van der Waals surface area contributed by atoms with E-state index in [0.29, 0.717) is 0 Å². The third-order valence-electron chi connectivity index (χ3n) is 1.07. The number of hydrogen-bond donors (Lipinski definition) is 1. The second-order valence-electron chi connectivity index (χ2n) is 1.70. The van der Waals surface area contributed by atoms with Crippen molar-refractivity contribution >= 4 is 0 Å². The van der Waals surface area contributed by atoms with E-state index in [1.807, 2.05) is 0 Å². The van der Waals surface area contributed by atoms with Crippen molar-refractivity contribution < 1.29 is 29.3 Å². The van der Waals surface area contributed by atoms with Gasteiger partial charge in [-0.25, -0.2) is 0 Å². The van der Waals surface area contributed by atoms with Crippen LogP contribution in [0, 0.1) is 0 Å². The van der Waals surface area contributed by atoms with Gasteiger partial charge in [0.1, 0.15) is 11.5 Å². The van der Waals surface area contributed by atoms with Gasteiger partial charge in [-0.1, -0.05) is 0 Å². The maximum atomic E-state index is 8.80. The van der Waals surface area contributed by atoms with Crippen molar-refractivity contribution in [2.75, 3.05) is 7.11 Å². The first-order chi connectivity index (χ1) is 4.33. The van der Waals surface area contributed by atoms with Gasteiger partial charge in [-0.05, 0) is 24.3 Å². The van der Waals surface area contributed by atoms with Crippen LogP contribution in [-0.4, -0.2) is 12.2 Å². The van der Waals surface area contributed by atoms with Crippen LogP contribution in [0.3, 0.4) is 0 Å². The van der Waals surface area contributed by atoms with Gasteiger partial charge >= 0.3 is 0 Å². The second-order valence-corrected chi connectivity index (χ2v) is 1.70. The summed E-state index contributed by atoms with van der Waals surface area (Å²) in [6, 6.07) is 6.57. The van der Waals surface area contributed by atoms with Gasteiger partial charge in [-0.3, -0.25) is 0 Å². The summed E-state index contributed by atoms with van der Waals surface area (Å²) < 4.78 is 4.86. The molecule has 0 saturated heterocycles. The van der Waals surface area contributed by atoms with Gasteiger partial charge < -0.3 is 9.84 Å². The number of phenols is 1. The quantitative estimate of drug-likeness (QED) is 0.732. The van der Waals surface area contributed by atoms with E-state index >= 15 is 0 Å². The van der Waals surface area contributed by atoms with E-state index in [1.165, 1.54) is 0 Å². The fraction of sp³-hybridized carbons (Fsp3) is 0.143. The van der Waals surface area contributed by atoms with Crippen molar-refractivity contribution in [3.63, 3.8) is 0 Å². The zero-order valence-corrected chi connectivity index (χ0v) is 7.26. The van der Waals surface area contributed by atoms with Crippen molar-refractivity contribution in [2.45, 2.75) is 0 Å². The zero-order valence-electron chi connectivity index (χ0n) is 5.52. The predicted molar refractivity (Wildman–Crippen MR) is 34.7 cm³/mol. The molecule has 1 aromatic rings. The van der Waals surface area contributed by atoms with E-state index < -0.39 is 0 Å². The van der Waals surface area contributed by atoms with Crippen LogP contribution in [0.1, 0.15) is 0 Å². The Balaban J connectivity index is 0.000000810. The number of phenolic OH excluding ortho intramolecular Hbond substituents is 1. The van der Waals surface area contributed by atoms with Crippen LogP contribution in [-0.2, 0) is 19.5 Å². The smallest absolute Gasteiger partial charge is 0.119 e. The molecule has 0 amide bonds. The molecule has 0 unspecified atom stereocenters. The number of hydrogen-bond acceptors (Lipinski definition) is 2. The van der Waals surface area contributed by atoms with Gasteiger partial charge in [0.05, 0.1) is 7.11 Å². The molecule has 0 atom stereocenters. The second kappa shape index (κ2) is 4.29. The van der Waals surface area contributed by atoms with Crippen LogP contribution in [0.2, 0.25) is 0 Å². The normalized spacial score (nSPS) is 8.10. The predicted octanol–water partition coefficient (Wildman–Crippen LogP) is 1.40. The van der Waals surface area contributed by atoms with Crippen LogP contribution in [0.5, 0.6) is 11.5 Å². The summed E-state index contributed by atoms with van der Waals surface area (Å²) in [7, 11) is 1.59. The van der Waals surface area contributed by atoms with Gasteiger partial charge in [0.25, 0.3) is 0 Å². The minimum absolute atomic E-state index is 0. The van der Waals surface area contributed by atoms with Crippen LogP contribution in [0.25, 0.3) is 0 Å². The van der Waals surface area contributed by atoms with Crippen LogP contribution < -0.4 is 4.74 Å². The largest absolute Gasteiger partial charge is 0.508 e. The average Bonchev–Trinajstić information content (AvgIpc) is 1.90. The Bertz CT molecular complexity index is 183. The maximum absolute atomic E-state index is 8.80. The summed E-state index contributed by atoms with van der Waals surface area (Å²) in [5.41, 5.74) is 0. The average molecular weight is 225 g/mol. The number of ether oxygens (including phenoxy) is 1. The molecule has 1 rings (SSSR count). The van der Waals surface area contributed by atoms with E-state index in [4.69, 9.17) is 9.84 Å². The monoisotopic (exact) mass is 226 g/mol. The van der Waals surface area contributed by atoms with E-state index in [9.17, 15) is 0 Å². The molecule has 0 bridgehead atoms. The first kappa shape index (κ1) is 9.44. The molecular weight excluding hydrogens is 217 g/mol. The van der Waals surface area contributed by atoms with E-state index in [1.54, 1.807) is 31.4 Å². The van der Waals surface area contributed by atoms with Crippen molar-refractivity contribution in [3.05, 3.63) is 24.3 Å². The zero-order chi connectivity index (χ0) is 6.69. The van der Waals surface area contributed by atoms with E-state index in [0.717, 1.165) is 5.75 Å². The van der Waals surface area contributed by atoms with Gasteiger partial charge in [0, 0.05) is 19.5 Å². The molecule has 0 heterocycles. The number of benzene rings is 1. The topological polar surface area (TPSA) is 29.5 Å². The van der Waals surface area contributed by atoms with Crippen LogP contribution >= 0.6 is 0 Å². The molecule has 3 heteroatoms. The molecule has 56 valence electrons.